The van der Waals surface area contributed by atoms with Crippen LogP contribution in [-0.2, 0) is 11.3 Å². The number of rotatable bonds is 2. The number of para-hydroxylation sites is 1. The molecule has 86 valence electrons. The second kappa shape index (κ2) is 4.14. The van der Waals surface area contributed by atoms with Gasteiger partial charge in [-0.1, -0.05) is 12.1 Å². The Labute approximate surface area is 95.4 Å². The molecule has 0 bridgehead atoms. The third-order valence-corrected chi connectivity index (χ3v) is 2.81. The van der Waals surface area contributed by atoms with E-state index < -0.39 is 0 Å². The van der Waals surface area contributed by atoms with Gasteiger partial charge in [0.15, 0.2) is 0 Å². The van der Waals surface area contributed by atoms with Gasteiger partial charge >= 0.3 is 0 Å². The molecule has 0 aromatic heterocycles. The van der Waals surface area contributed by atoms with Crippen LogP contribution in [0.2, 0.25) is 0 Å². The Balaban J connectivity index is 2.52. The Morgan fingerprint density at radius 2 is 2.25 bits per heavy atom. The standard InChI is InChI=1S/C12H17N3O/c1-8(2)15-10-5-3-4-9(6-13)12(10)14-7-11(15)16/h3-5,8,14H,6-7,13H2,1-2H3. The lowest BCUT2D eigenvalue weighted by molar-refractivity contribution is -0.117. The number of amides is 1. The summed E-state index contributed by atoms with van der Waals surface area (Å²) >= 11 is 0. The van der Waals surface area contributed by atoms with Gasteiger partial charge in [-0.15, -0.1) is 0 Å². The van der Waals surface area contributed by atoms with Crippen LogP contribution < -0.4 is 16.0 Å². The van der Waals surface area contributed by atoms with Gasteiger partial charge < -0.3 is 16.0 Å². The van der Waals surface area contributed by atoms with E-state index in [0.29, 0.717) is 13.1 Å². The van der Waals surface area contributed by atoms with Crippen molar-refractivity contribution in [3.63, 3.8) is 0 Å². The number of hydrogen-bond donors (Lipinski definition) is 2. The van der Waals surface area contributed by atoms with Gasteiger partial charge in [-0.05, 0) is 25.5 Å². The van der Waals surface area contributed by atoms with E-state index >= 15 is 0 Å². The smallest absolute Gasteiger partial charge is 0.246 e. The average Bonchev–Trinajstić information content (AvgIpc) is 2.27. The van der Waals surface area contributed by atoms with Gasteiger partial charge in [-0.25, -0.2) is 0 Å². The number of nitrogens with zero attached hydrogens (tertiary/aromatic N) is 1. The maximum absolute atomic E-state index is 11.8. The summed E-state index contributed by atoms with van der Waals surface area (Å²) in [6, 6.07) is 6.05. The molecule has 4 heteroatoms. The van der Waals surface area contributed by atoms with Crippen molar-refractivity contribution in [3.05, 3.63) is 23.8 Å². The summed E-state index contributed by atoms with van der Waals surface area (Å²) in [5.74, 6) is 0.108. The monoisotopic (exact) mass is 219 g/mol. The van der Waals surface area contributed by atoms with Gasteiger partial charge in [0.05, 0.1) is 17.9 Å². The summed E-state index contributed by atoms with van der Waals surface area (Å²) < 4.78 is 0. The summed E-state index contributed by atoms with van der Waals surface area (Å²) in [5, 5.41) is 3.15. The Morgan fingerprint density at radius 1 is 1.50 bits per heavy atom. The SMILES string of the molecule is CC(C)N1C(=O)CNc2c(CN)cccc21. The van der Waals surface area contributed by atoms with Crippen molar-refractivity contribution in [2.75, 3.05) is 16.8 Å². The number of hydrogen-bond acceptors (Lipinski definition) is 3. The van der Waals surface area contributed by atoms with E-state index in [1.165, 1.54) is 0 Å². The molecule has 0 radical (unpaired) electrons. The fourth-order valence-electron chi connectivity index (χ4n) is 2.11. The fourth-order valence-corrected chi connectivity index (χ4v) is 2.11. The number of benzene rings is 1. The van der Waals surface area contributed by atoms with Gasteiger partial charge in [0.25, 0.3) is 0 Å². The fraction of sp³-hybridized carbons (Fsp3) is 0.417. The van der Waals surface area contributed by atoms with Crippen molar-refractivity contribution in [3.8, 4) is 0 Å². The van der Waals surface area contributed by atoms with Gasteiger partial charge in [0.1, 0.15) is 0 Å². The van der Waals surface area contributed by atoms with Crippen LogP contribution in [0.25, 0.3) is 0 Å². The second-order valence-corrected chi connectivity index (χ2v) is 4.23. The molecule has 1 aliphatic rings. The zero-order valence-corrected chi connectivity index (χ0v) is 9.66. The van der Waals surface area contributed by atoms with Crippen LogP contribution in [0.5, 0.6) is 0 Å². The molecule has 4 nitrogen and oxygen atoms in total. The average molecular weight is 219 g/mol. The molecule has 1 aromatic rings. The molecule has 0 atom stereocenters. The van der Waals surface area contributed by atoms with Crippen LogP contribution in [0, 0.1) is 0 Å². The lowest BCUT2D eigenvalue weighted by Crippen LogP contribution is -2.44. The van der Waals surface area contributed by atoms with Crippen molar-refractivity contribution in [1.29, 1.82) is 0 Å². The first-order valence-electron chi connectivity index (χ1n) is 5.53. The van der Waals surface area contributed by atoms with Crippen LogP contribution in [0.4, 0.5) is 11.4 Å². The number of nitrogens with one attached hydrogen (secondary N) is 1. The van der Waals surface area contributed by atoms with Crippen LogP contribution in [0.15, 0.2) is 18.2 Å². The summed E-state index contributed by atoms with van der Waals surface area (Å²) in [7, 11) is 0. The maximum atomic E-state index is 11.8. The molecule has 3 N–H and O–H groups in total. The lowest BCUT2D eigenvalue weighted by atomic mass is 10.1. The molecular formula is C12H17N3O. The minimum absolute atomic E-state index is 0.108. The third kappa shape index (κ3) is 1.65. The van der Waals surface area contributed by atoms with Crippen molar-refractivity contribution in [2.24, 2.45) is 5.73 Å². The van der Waals surface area contributed by atoms with E-state index in [9.17, 15) is 4.79 Å². The predicted octanol–water partition coefficient (Wildman–Crippen LogP) is 1.31. The van der Waals surface area contributed by atoms with E-state index in [0.717, 1.165) is 16.9 Å². The molecule has 1 aliphatic heterocycles. The van der Waals surface area contributed by atoms with Crippen LogP contribution in [0.1, 0.15) is 19.4 Å². The van der Waals surface area contributed by atoms with E-state index in [4.69, 9.17) is 5.73 Å². The zero-order chi connectivity index (χ0) is 11.7. The molecule has 0 spiro atoms. The minimum Gasteiger partial charge on any atom is -0.374 e. The van der Waals surface area contributed by atoms with Crippen molar-refractivity contribution >= 4 is 17.3 Å². The highest BCUT2D eigenvalue weighted by Crippen LogP contribution is 2.33. The molecule has 1 heterocycles. The predicted molar refractivity (Wildman–Crippen MR) is 65.4 cm³/mol. The van der Waals surface area contributed by atoms with Crippen molar-refractivity contribution in [1.82, 2.24) is 0 Å². The number of anilines is 2. The highest BCUT2D eigenvalue weighted by molar-refractivity contribution is 6.03. The van der Waals surface area contributed by atoms with E-state index in [1.807, 2.05) is 36.9 Å². The molecule has 1 amide bonds. The number of nitrogens with two attached hydrogens (primary N) is 1. The molecule has 0 saturated heterocycles. The van der Waals surface area contributed by atoms with E-state index in [-0.39, 0.29) is 11.9 Å². The van der Waals surface area contributed by atoms with E-state index in [2.05, 4.69) is 5.32 Å². The first-order valence-corrected chi connectivity index (χ1v) is 5.53. The molecule has 0 fully saturated rings. The molecule has 0 unspecified atom stereocenters. The Hall–Kier alpha value is -1.55. The Kier molecular flexibility index (Phi) is 2.83. The molecule has 0 saturated carbocycles. The first-order chi connectivity index (χ1) is 7.65. The molecule has 1 aromatic carbocycles. The summed E-state index contributed by atoms with van der Waals surface area (Å²) in [4.78, 5) is 13.7. The molecule has 16 heavy (non-hydrogen) atoms. The van der Waals surface area contributed by atoms with Crippen LogP contribution >= 0.6 is 0 Å². The first kappa shape index (κ1) is 11.0. The number of fused-ring (bicyclic) bond motifs is 1. The van der Waals surface area contributed by atoms with Gasteiger partial charge in [0.2, 0.25) is 5.91 Å². The summed E-state index contributed by atoms with van der Waals surface area (Å²) in [6.07, 6.45) is 0. The molecule has 0 aliphatic carbocycles. The second-order valence-electron chi connectivity index (χ2n) is 4.23. The normalized spacial score (nSPS) is 15.0. The minimum atomic E-state index is 0.108. The van der Waals surface area contributed by atoms with Crippen LogP contribution in [0.3, 0.4) is 0 Å². The number of carbonyl (C=O) groups is 1. The summed E-state index contributed by atoms with van der Waals surface area (Å²) in [6.45, 7) is 4.86. The topological polar surface area (TPSA) is 58.4 Å². The van der Waals surface area contributed by atoms with E-state index in [1.54, 1.807) is 0 Å². The van der Waals surface area contributed by atoms with Gasteiger partial charge in [-0.2, -0.15) is 0 Å². The highest BCUT2D eigenvalue weighted by atomic mass is 16.2. The maximum Gasteiger partial charge on any atom is 0.246 e. The number of carbonyl (C=O) groups excluding carboxylic acids is 1. The molecule has 2 rings (SSSR count). The van der Waals surface area contributed by atoms with Crippen LogP contribution in [-0.4, -0.2) is 18.5 Å². The van der Waals surface area contributed by atoms with Crippen molar-refractivity contribution in [2.45, 2.75) is 26.4 Å². The Morgan fingerprint density at radius 3 is 2.88 bits per heavy atom. The van der Waals surface area contributed by atoms with Gasteiger partial charge in [-0.3, -0.25) is 4.79 Å². The third-order valence-electron chi connectivity index (χ3n) is 2.81. The van der Waals surface area contributed by atoms with Crippen molar-refractivity contribution < 1.29 is 4.79 Å². The van der Waals surface area contributed by atoms with Gasteiger partial charge in [0, 0.05) is 12.6 Å². The highest BCUT2D eigenvalue weighted by Gasteiger charge is 2.26. The lowest BCUT2D eigenvalue weighted by Gasteiger charge is -2.34. The zero-order valence-electron chi connectivity index (χ0n) is 9.66. The largest absolute Gasteiger partial charge is 0.374 e. The molecular weight excluding hydrogens is 202 g/mol. The Bertz CT molecular complexity index is 415. The summed E-state index contributed by atoms with van der Waals surface area (Å²) in [5.41, 5.74) is 8.68. The quantitative estimate of drug-likeness (QED) is 0.788.